The number of imidazole rings is 2. The molecule has 0 bridgehead atoms. The van der Waals surface area contributed by atoms with E-state index in [9.17, 15) is 0 Å². The van der Waals surface area contributed by atoms with Crippen LogP contribution >= 0.6 is 0 Å². The molecule has 0 radical (unpaired) electrons. The van der Waals surface area contributed by atoms with E-state index in [2.05, 4.69) is 32.6 Å². The minimum Gasteiger partial charge on any atom is -1.00 e. The zero-order chi connectivity index (χ0) is 12.2. The molecule has 0 amide bonds. The molecule has 0 spiro atoms. The summed E-state index contributed by atoms with van der Waals surface area (Å²) in [5, 5.41) is 0. The van der Waals surface area contributed by atoms with Gasteiger partial charge in [-0.2, -0.15) is 0 Å². The summed E-state index contributed by atoms with van der Waals surface area (Å²) < 4.78 is 0. The number of benzene rings is 2. The van der Waals surface area contributed by atoms with Gasteiger partial charge in [-0.1, -0.05) is 46.3 Å². The van der Waals surface area contributed by atoms with E-state index in [0.29, 0.717) is 0 Å². The maximum atomic E-state index is 3.94. The van der Waals surface area contributed by atoms with Crippen LogP contribution in [-0.4, -0.2) is 19.9 Å². The second-order valence-electron chi connectivity index (χ2n) is 3.73. The molecule has 0 saturated heterocycles. The Hall–Kier alpha value is -1.17. The monoisotopic (exact) mass is 484 g/mol. The van der Waals surface area contributed by atoms with Gasteiger partial charge < -0.3 is 44.7 Å². The maximum Gasteiger partial charge on any atom is 4.00 e. The minimum atomic E-state index is 0. The van der Waals surface area contributed by atoms with E-state index in [1.54, 1.807) is 0 Å². The molecule has 104 valence electrons. The molecule has 0 fully saturated rings. The van der Waals surface area contributed by atoms with E-state index in [1.165, 1.54) is 0 Å². The van der Waals surface area contributed by atoms with Crippen LogP contribution in [-0.2, 0) is 25.8 Å². The van der Waals surface area contributed by atoms with Gasteiger partial charge in [0, 0.05) is 0 Å². The average molecular weight is 484 g/mol. The quantitative estimate of drug-likeness (QED) is 0.204. The van der Waals surface area contributed by atoms with E-state index in [1.807, 2.05) is 48.5 Å². The predicted molar refractivity (Wildman–Crippen MR) is 69.9 cm³/mol. The maximum absolute atomic E-state index is 3.94. The van der Waals surface area contributed by atoms with Crippen molar-refractivity contribution in [3.8, 4) is 0 Å². The fraction of sp³-hybridized carbons (Fsp3) is 0. The molecule has 0 unspecified atom stereocenters. The average Bonchev–Trinajstić information content (AvgIpc) is 3.08. The summed E-state index contributed by atoms with van der Waals surface area (Å²) in [6.45, 7) is 0. The Morgan fingerprint density at radius 2 is 1.05 bits per heavy atom. The molecule has 0 atom stereocenters. The number of nitrogens with one attached hydrogen (secondary N) is 2. The Morgan fingerprint density at radius 1 is 0.667 bits per heavy atom. The molecule has 4 rings (SSSR count). The molecule has 21 heavy (non-hydrogen) atoms. The third-order valence-corrected chi connectivity index (χ3v) is 2.54. The number of H-pyrrole nitrogens is 2. The molecule has 4 nitrogen and oxygen atoms in total. The topological polar surface area (TPSA) is 57.4 Å². The van der Waals surface area contributed by atoms with Gasteiger partial charge in [0.05, 0.1) is 0 Å². The van der Waals surface area contributed by atoms with E-state index >= 15 is 0 Å². The third kappa shape index (κ3) is 4.95. The SMILES string of the molecule is [Cl-].[Cl-].[Hf+4].[c-]1nc2ccccc2[nH]1.[c-]1nc2ccccc2[nH]1. The normalized spacial score (nSPS) is 8.76. The smallest absolute Gasteiger partial charge is 1.00 e. The Balaban J connectivity index is 0.000000333. The molecule has 2 aromatic heterocycles. The minimum absolute atomic E-state index is 0. The summed E-state index contributed by atoms with van der Waals surface area (Å²) in [7, 11) is 0. The zero-order valence-electron chi connectivity index (χ0n) is 10.8. The third-order valence-electron chi connectivity index (χ3n) is 2.54. The van der Waals surface area contributed by atoms with Crippen molar-refractivity contribution in [2.24, 2.45) is 0 Å². The van der Waals surface area contributed by atoms with E-state index in [0.717, 1.165) is 22.1 Å². The Morgan fingerprint density at radius 3 is 1.43 bits per heavy atom. The first kappa shape index (κ1) is 19.8. The van der Waals surface area contributed by atoms with Gasteiger partial charge in [0.1, 0.15) is 0 Å². The van der Waals surface area contributed by atoms with Crippen LogP contribution < -0.4 is 24.8 Å². The van der Waals surface area contributed by atoms with Crippen molar-refractivity contribution in [1.29, 1.82) is 0 Å². The molecule has 0 aliphatic heterocycles. The van der Waals surface area contributed by atoms with Crippen molar-refractivity contribution in [2.45, 2.75) is 0 Å². The molecule has 7 heteroatoms. The number of hydrogen-bond acceptors (Lipinski definition) is 2. The van der Waals surface area contributed by atoms with Crippen molar-refractivity contribution in [2.75, 3.05) is 0 Å². The van der Waals surface area contributed by atoms with Gasteiger partial charge in [0.2, 0.25) is 0 Å². The number of rotatable bonds is 0. The standard InChI is InChI=1S/2C7H5N2.2ClH.Hf/c2*1-2-4-7-6(3-1)8-5-9-7;;;/h2*1-4H,(H,8,9);2*1H;/q2*-1;;;+4/p-2. The van der Waals surface area contributed by atoms with Crippen LogP contribution in [0.25, 0.3) is 22.1 Å². The van der Waals surface area contributed by atoms with Gasteiger partial charge in [-0.3, -0.25) is 0 Å². The van der Waals surface area contributed by atoms with E-state index in [4.69, 9.17) is 0 Å². The molecule has 4 aromatic rings. The fourth-order valence-electron chi connectivity index (χ4n) is 1.65. The van der Waals surface area contributed by atoms with Crippen LogP contribution in [0.3, 0.4) is 0 Å². The van der Waals surface area contributed by atoms with Crippen LogP contribution in [0.15, 0.2) is 48.5 Å². The first-order valence-corrected chi connectivity index (χ1v) is 5.55. The number of para-hydroxylation sites is 4. The van der Waals surface area contributed by atoms with Crippen molar-refractivity contribution >= 4 is 22.1 Å². The first-order valence-electron chi connectivity index (χ1n) is 5.55. The van der Waals surface area contributed by atoms with Gasteiger partial charge in [-0.05, 0) is 12.7 Å². The summed E-state index contributed by atoms with van der Waals surface area (Å²) in [4.78, 5) is 13.6. The van der Waals surface area contributed by atoms with Crippen molar-refractivity contribution in [3.63, 3.8) is 0 Å². The molecule has 2 N–H and O–H groups in total. The number of fused-ring (bicyclic) bond motifs is 2. The molecule has 2 heterocycles. The summed E-state index contributed by atoms with van der Waals surface area (Å²) in [6.07, 6.45) is 5.33. The van der Waals surface area contributed by atoms with Gasteiger partial charge >= 0.3 is 25.8 Å². The number of hydrogen-bond donors (Lipinski definition) is 2. The van der Waals surface area contributed by atoms with Crippen LogP contribution in [0.1, 0.15) is 0 Å². The second kappa shape index (κ2) is 9.71. The largest absolute Gasteiger partial charge is 4.00 e. The van der Waals surface area contributed by atoms with Crippen molar-refractivity contribution < 1.29 is 50.7 Å². The zero-order valence-corrected chi connectivity index (χ0v) is 15.9. The number of aromatic nitrogens is 4. The number of nitrogens with zero attached hydrogens (tertiary/aromatic N) is 2. The van der Waals surface area contributed by atoms with Crippen LogP contribution in [0.2, 0.25) is 0 Å². The Kier molecular flexibility index (Phi) is 9.17. The second-order valence-corrected chi connectivity index (χ2v) is 3.73. The Bertz CT molecular complexity index is 643. The molecular weight excluding hydrogens is 474 g/mol. The summed E-state index contributed by atoms with van der Waals surface area (Å²) in [5.41, 5.74) is 4.02. The summed E-state index contributed by atoms with van der Waals surface area (Å²) in [6, 6.07) is 15.7. The van der Waals surface area contributed by atoms with Crippen molar-refractivity contribution in [1.82, 2.24) is 19.9 Å². The number of aromatic amines is 2. The Labute approximate surface area is 153 Å². The van der Waals surface area contributed by atoms with E-state index < -0.39 is 0 Å². The summed E-state index contributed by atoms with van der Waals surface area (Å²) in [5.74, 6) is 0. The van der Waals surface area contributed by atoms with Gasteiger partial charge in [0.15, 0.2) is 0 Å². The molecule has 2 aromatic carbocycles. The molecule has 0 aliphatic carbocycles. The predicted octanol–water partition coefficient (Wildman–Crippen LogP) is -3.27. The van der Waals surface area contributed by atoms with Gasteiger partial charge in [0.25, 0.3) is 0 Å². The van der Waals surface area contributed by atoms with Crippen LogP contribution in [0.5, 0.6) is 0 Å². The van der Waals surface area contributed by atoms with Gasteiger partial charge in [-0.25, -0.2) is 0 Å². The van der Waals surface area contributed by atoms with Crippen molar-refractivity contribution in [3.05, 3.63) is 61.2 Å². The first-order chi connectivity index (χ1) is 8.93. The summed E-state index contributed by atoms with van der Waals surface area (Å²) >= 11 is 0. The fourth-order valence-corrected chi connectivity index (χ4v) is 1.65. The van der Waals surface area contributed by atoms with Crippen LogP contribution in [0.4, 0.5) is 0 Å². The van der Waals surface area contributed by atoms with E-state index in [-0.39, 0.29) is 50.7 Å². The number of halogens is 2. The molecular formula is C14H10Cl2HfN4. The van der Waals surface area contributed by atoms with Gasteiger partial charge in [-0.15, -0.1) is 24.3 Å². The molecule has 0 saturated carbocycles. The van der Waals surface area contributed by atoms with Crippen LogP contribution in [0, 0.1) is 12.7 Å². The molecule has 0 aliphatic rings.